The van der Waals surface area contributed by atoms with E-state index in [2.05, 4.69) is 0 Å². The third-order valence-corrected chi connectivity index (χ3v) is 3.00. The molecule has 0 aliphatic rings. The van der Waals surface area contributed by atoms with E-state index in [9.17, 15) is 9.18 Å². The van der Waals surface area contributed by atoms with Crippen molar-refractivity contribution >= 4 is 6.29 Å². The van der Waals surface area contributed by atoms with Crippen LogP contribution in [0.15, 0.2) is 36.4 Å². The summed E-state index contributed by atoms with van der Waals surface area (Å²) in [4.78, 5) is 10.8. The SMILES string of the molecule is CCOc1ccc(-c2ccc(F)c(C=O)c2)cc1OCC. The van der Waals surface area contributed by atoms with Gasteiger partial charge in [0.05, 0.1) is 18.8 Å². The number of rotatable bonds is 6. The Balaban J connectivity index is 2.44. The van der Waals surface area contributed by atoms with E-state index in [1.807, 2.05) is 32.0 Å². The molecule has 110 valence electrons. The van der Waals surface area contributed by atoms with Crippen LogP contribution in [0.2, 0.25) is 0 Å². The number of benzene rings is 2. The average molecular weight is 288 g/mol. The summed E-state index contributed by atoms with van der Waals surface area (Å²) in [5, 5.41) is 0. The van der Waals surface area contributed by atoms with Crippen LogP contribution < -0.4 is 9.47 Å². The van der Waals surface area contributed by atoms with Gasteiger partial charge in [0.2, 0.25) is 0 Å². The zero-order valence-corrected chi connectivity index (χ0v) is 12.1. The zero-order valence-electron chi connectivity index (χ0n) is 12.1. The van der Waals surface area contributed by atoms with Gasteiger partial charge in [0.1, 0.15) is 5.82 Å². The first kappa shape index (κ1) is 15.0. The Morgan fingerprint density at radius 2 is 1.57 bits per heavy atom. The molecule has 0 heterocycles. The first-order chi connectivity index (χ1) is 10.2. The van der Waals surface area contributed by atoms with Gasteiger partial charge in [-0.25, -0.2) is 4.39 Å². The lowest BCUT2D eigenvalue weighted by Gasteiger charge is -2.12. The van der Waals surface area contributed by atoms with Crippen LogP contribution in [0.3, 0.4) is 0 Å². The highest BCUT2D eigenvalue weighted by molar-refractivity contribution is 5.79. The second-order valence-electron chi connectivity index (χ2n) is 4.38. The fraction of sp³-hybridized carbons (Fsp3) is 0.235. The molecule has 2 aromatic carbocycles. The lowest BCUT2D eigenvalue weighted by Crippen LogP contribution is -1.98. The standard InChI is InChI=1S/C17H17FO3/c1-3-20-16-8-6-13(10-17(16)21-4-2)12-5-7-15(18)14(9-12)11-19/h5-11H,3-4H2,1-2H3. The minimum Gasteiger partial charge on any atom is -0.490 e. The number of hydrogen-bond donors (Lipinski definition) is 0. The highest BCUT2D eigenvalue weighted by Gasteiger charge is 2.09. The molecule has 0 aromatic heterocycles. The molecule has 2 aromatic rings. The van der Waals surface area contributed by atoms with Gasteiger partial charge in [-0.15, -0.1) is 0 Å². The molecule has 3 nitrogen and oxygen atoms in total. The molecule has 0 atom stereocenters. The van der Waals surface area contributed by atoms with Gasteiger partial charge in [-0.05, 0) is 49.2 Å². The smallest absolute Gasteiger partial charge is 0.161 e. The van der Waals surface area contributed by atoms with Crippen LogP contribution >= 0.6 is 0 Å². The maximum absolute atomic E-state index is 13.4. The Morgan fingerprint density at radius 1 is 0.952 bits per heavy atom. The molecule has 4 heteroatoms. The summed E-state index contributed by atoms with van der Waals surface area (Å²) < 4.78 is 24.4. The molecule has 0 N–H and O–H groups in total. The van der Waals surface area contributed by atoms with Crippen molar-refractivity contribution in [1.82, 2.24) is 0 Å². The van der Waals surface area contributed by atoms with E-state index in [-0.39, 0.29) is 5.56 Å². The molecular weight excluding hydrogens is 271 g/mol. The van der Waals surface area contributed by atoms with Gasteiger partial charge >= 0.3 is 0 Å². The van der Waals surface area contributed by atoms with Crippen molar-refractivity contribution in [3.05, 3.63) is 47.8 Å². The van der Waals surface area contributed by atoms with Crippen LogP contribution in [0.1, 0.15) is 24.2 Å². The van der Waals surface area contributed by atoms with E-state index < -0.39 is 5.82 Å². The summed E-state index contributed by atoms with van der Waals surface area (Å²) in [5.41, 5.74) is 1.63. The Hall–Kier alpha value is -2.36. The molecule has 0 spiro atoms. The largest absolute Gasteiger partial charge is 0.490 e. The summed E-state index contributed by atoms with van der Waals surface area (Å²) in [6.07, 6.45) is 0.511. The first-order valence-corrected chi connectivity index (χ1v) is 6.84. The molecule has 0 fully saturated rings. The molecule has 0 amide bonds. The van der Waals surface area contributed by atoms with Crippen molar-refractivity contribution < 1.29 is 18.7 Å². The second-order valence-corrected chi connectivity index (χ2v) is 4.38. The molecule has 0 aliphatic carbocycles. The lowest BCUT2D eigenvalue weighted by molar-refractivity contribution is 0.112. The summed E-state index contributed by atoms with van der Waals surface area (Å²) >= 11 is 0. The van der Waals surface area contributed by atoms with Crippen molar-refractivity contribution in [1.29, 1.82) is 0 Å². The third-order valence-electron chi connectivity index (χ3n) is 3.00. The average Bonchev–Trinajstić information content (AvgIpc) is 2.50. The maximum Gasteiger partial charge on any atom is 0.161 e. The highest BCUT2D eigenvalue weighted by atomic mass is 19.1. The van der Waals surface area contributed by atoms with Gasteiger partial charge in [0.25, 0.3) is 0 Å². The van der Waals surface area contributed by atoms with Crippen molar-refractivity contribution in [2.75, 3.05) is 13.2 Å². The highest BCUT2D eigenvalue weighted by Crippen LogP contribution is 2.33. The number of hydrogen-bond acceptors (Lipinski definition) is 3. The van der Waals surface area contributed by atoms with Gasteiger partial charge in [0.15, 0.2) is 17.8 Å². The predicted octanol–water partition coefficient (Wildman–Crippen LogP) is 4.10. The van der Waals surface area contributed by atoms with Crippen molar-refractivity contribution in [2.24, 2.45) is 0 Å². The monoisotopic (exact) mass is 288 g/mol. The molecule has 0 unspecified atom stereocenters. The Bertz CT molecular complexity index is 638. The second kappa shape index (κ2) is 6.88. The fourth-order valence-corrected chi connectivity index (χ4v) is 2.04. The molecule has 0 saturated heterocycles. The third kappa shape index (κ3) is 3.40. The van der Waals surface area contributed by atoms with Crippen LogP contribution in [0, 0.1) is 5.82 Å². The van der Waals surface area contributed by atoms with Gasteiger partial charge < -0.3 is 9.47 Å². The van der Waals surface area contributed by atoms with E-state index in [1.54, 1.807) is 6.07 Å². The van der Waals surface area contributed by atoms with E-state index in [0.29, 0.717) is 31.0 Å². The summed E-state index contributed by atoms with van der Waals surface area (Å²) in [6, 6.07) is 9.94. The maximum atomic E-state index is 13.4. The zero-order chi connectivity index (χ0) is 15.2. The first-order valence-electron chi connectivity index (χ1n) is 6.84. The van der Waals surface area contributed by atoms with Crippen molar-refractivity contribution in [3.8, 4) is 22.6 Å². The van der Waals surface area contributed by atoms with Gasteiger partial charge in [-0.3, -0.25) is 4.79 Å². The van der Waals surface area contributed by atoms with E-state index in [0.717, 1.165) is 11.1 Å². The van der Waals surface area contributed by atoms with Crippen LogP contribution in [0.5, 0.6) is 11.5 Å². The Labute approximate surface area is 123 Å². The lowest BCUT2D eigenvalue weighted by atomic mass is 10.0. The number of carbonyl (C=O) groups excluding carboxylic acids is 1. The molecule has 0 radical (unpaired) electrons. The molecule has 0 saturated carbocycles. The number of aldehydes is 1. The van der Waals surface area contributed by atoms with Gasteiger partial charge in [-0.2, -0.15) is 0 Å². The minimum atomic E-state index is -0.523. The summed E-state index contributed by atoms with van der Waals surface area (Å²) in [6.45, 7) is 4.86. The normalized spacial score (nSPS) is 10.2. The molecule has 0 aliphatic heterocycles. The van der Waals surface area contributed by atoms with Gasteiger partial charge in [0, 0.05) is 0 Å². The van der Waals surface area contributed by atoms with E-state index in [4.69, 9.17) is 9.47 Å². The van der Waals surface area contributed by atoms with Crippen molar-refractivity contribution in [3.63, 3.8) is 0 Å². The van der Waals surface area contributed by atoms with E-state index in [1.165, 1.54) is 12.1 Å². The molecular formula is C17H17FO3. The van der Waals surface area contributed by atoms with E-state index >= 15 is 0 Å². The quantitative estimate of drug-likeness (QED) is 0.751. The van der Waals surface area contributed by atoms with Crippen LogP contribution in [0.25, 0.3) is 11.1 Å². The van der Waals surface area contributed by atoms with Crippen LogP contribution in [-0.2, 0) is 0 Å². The Morgan fingerprint density at radius 3 is 2.24 bits per heavy atom. The van der Waals surface area contributed by atoms with Crippen LogP contribution in [0.4, 0.5) is 4.39 Å². The number of carbonyl (C=O) groups is 1. The molecule has 2 rings (SSSR count). The molecule has 21 heavy (non-hydrogen) atoms. The topological polar surface area (TPSA) is 35.5 Å². The van der Waals surface area contributed by atoms with Gasteiger partial charge in [-0.1, -0.05) is 12.1 Å². The minimum absolute atomic E-state index is 0.0411. The number of halogens is 1. The Kier molecular flexibility index (Phi) is 4.93. The van der Waals surface area contributed by atoms with Crippen molar-refractivity contribution in [2.45, 2.75) is 13.8 Å². The molecule has 0 bridgehead atoms. The number of ether oxygens (including phenoxy) is 2. The van der Waals surface area contributed by atoms with Crippen LogP contribution in [-0.4, -0.2) is 19.5 Å². The summed E-state index contributed by atoms with van der Waals surface area (Å²) in [7, 11) is 0. The summed E-state index contributed by atoms with van der Waals surface area (Å²) in [5.74, 6) is 0.777. The fourth-order valence-electron chi connectivity index (χ4n) is 2.04. The predicted molar refractivity (Wildman–Crippen MR) is 79.6 cm³/mol.